The van der Waals surface area contributed by atoms with E-state index in [1.54, 1.807) is 6.92 Å². The molecule has 0 aliphatic rings. The van der Waals surface area contributed by atoms with E-state index in [4.69, 9.17) is 0 Å². The van der Waals surface area contributed by atoms with Crippen molar-refractivity contribution >= 4 is 31.2 Å². The van der Waals surface area contributed by atoms with Crippen LogP contribution in [0.5, 0.6) is 0 Å². The molecule has 0 saturated heterocycles. The van der Waals surface area contributed by atoms with Crippen LogP contribution in [0.4, 0.5) is 0 Å². The summed E-state index contributed by atoms with van der Waals surface area (Å²) in [6.45, 7) is 1.79. The molecule has 0 amide bonds. The molecule has 1 N–H and O–H groups in total. The molecule has 2 rings (SSSR count). The number of hydrogen-bond acceptors (Lipinski definition) is 6. The zero-order valence-electron chi connectivity index (χ0n) is 13.5. The lowest BCUT2D eigenvalue weighted by molar-refractivity contribution is 0.584. The van der Waals surface area contributed by atoms with Crippen molar-refractivity contribution in [3.63, 3.8) is 0 Å². The molecular weight excluding hydrogens is 368 g/mol. The maximum Gasteiger partial charge on any atom is 0.211 e. The van der Waals surface area contributed by atoms with E-state index in [1.807, 2.05) is 30.3 Å². The third kappa shape index (κ3) is 5.37. The fourth-order valence-electron chi connectivity index (χ4n) is 2.11. The fraction of sp³-hybridized carbons (Fsp3) is 0.400. The summed E-state index contributed by atoms with van der Waals surface area (Å²) in [5, 5.41) is 0.788. The van der Waals surface area contributed by atoms with E-state index < -0.39 is 19.9 Å². The number of nitrogens with zero attached hydrogens (tertiary/aromatic N) is 1. The quantitative estimate of drug-likeness (QED) is 0.746. The molecule has 0 unspecified atom stereocenters. The summed E-state index contributed by atoms with van der Waals surface area (Å²) in [6.07, 6.45) is 0.0783. The Morgan fingerprint density at radius 3 is 2.38 bits per heavy atom. The van der Waals surface area contributed by atoms with Gasteiger partial charge in [0, 0.05) is 10.4 Å². The molecule has 0 bridgehead atoms. The zero-order valence-corrected chi connectivity index (χ0v) is 16.0. The Morgan fingerprint density at radius 2 is 1.75 bits per heavy atom. The Bertz CT molecular complexity index is 888. The third-order valence-electron chi connectivity index (χ3n) is 3.44. The maximum atomic E-state index is 12.2. The maximum absolute atomic E-state index is 12.2. The number of rotatable bonds is 8. The smallest absolute Gasteiger partial charge is 0.211 e. The topological polar surface area (TPSA) is 93.2 Å². The highest BCUT2D eigenvalue weighted by Crippen LogP contribution is 2.29. The van der Waals surface area contributed by atoms with Gasteiger partial charge >= 0.3 is 0 Å². The Kier molecular flexibility index (Phi) is 6.13. The standard InChI is InChI=1S/C15H20N2O4S3/c1-12-14(22-15(17-12)13-7-4-3-5-8-13)11-23(18,19)9-6-10-24(20,21)16-2/h3-5,7-8,16H,6,9-11H2,1-2H3. The Morgan fingerprint density at radius 1 is 1.08 bits per heavy atom. The van der Waals surface area contributed by atoms with E-state index >= 15 is 0 Å². The van der Waals surface area contributed by atoms with Gasteiger partial charge in [0.2, 0.25) is 10.0 Å². The van der Waals surface area contributed by atoms with Crippen LogP contribution in [0.25, 0.3) is 10.6 Å². The monoisotopic (exact) mass is 388 g/mol. The average Bonchev–Trinajstić information content (AvgIpc) is 2.88. The van der Waals surface area contributed by atoms with Gasteiger partial charge in [-0.3, -0.25) is 0 Å². The first kappa shape index (κ1) is 19.0. The van der Waals surface area contributed by atoms with Crippen molar-refractivity contribution in [2.24, 2.45) is 0 Å². The average molecular weight is 389 g/mol. The molecule has 1 aromatic carbocycles. The number of sulfonamides is 1. The Hall–Kier alpha value is -1.29. The molecule has 0 aliphatic carbocycles. The van der Waals surface area contributed by atoms with Crippen LogP contribution in [0.3, 0.4) is 0 Å². The largest absolute Gasteiger partial charge is 0.241 e. The predicted octanol–water partition coefficient (Wildman–Crippen LogP) is 1.97. The minimum atomic E-state index is -3.38. The van der Waals surface area contributed by atoms with E-state index in [-0.39, 0.29) is 23.7 Å². The van der Waals surface area contributed by atoms with Crippen LogP contribution in [0.15, 0.2) is 30.3 Å². The molecule has 0 saturated carbocycles. The number of sulfone groups is 1. The minimum absolute atomic E-state index is 0.0783. The summed E-state index contributed by atoms with van der Waals surface area (Å²) in [5.41, 5.74) is 1.65. The van der Waals surface area contributed by atoms with Crippen LogP contribution in [0, 0.1) is 6.92 Å². The second-order valence-corrected chi connectivity index (χ2v) is 10.7. The highest BCUT2D eigenvalue weighted by atomic mass is 32.2. The molecule has 1 aromatic heterocycles. The second-order valence-electron chi connectivity index (χ2n) is 5.36. The van der Waals surface area contributed by atoms with E-state index in [1.165, 1.54) is 18.4 Å². The van der Waals surface area contributed by atoms with Gasteiger partial charge in [0.1, 0.15) is 5.01 Å². The van der Waals surface area contributed by atoms with Crippen molar-refractivity contribution in [2.45, 2.75) is 19.1 Å². The Balaban J connectivity index is 2.06. The first-order valence-electron chi connectivity index (χ1n) is 7.36. The molecule has 24 heavy (non-hydrogen) atoms. The molecule has 0 spiro atoms. The first-order chi connectivity index (χ1) is 11.2. The third-order valence-corrected chi connectivity index (χ3v) is 7.92. The molecule has 132 valence electrons. The minimum Gasteiger partial charge on any atom is -0.241 e. The van der Waals surface area contributed by atoms with Crippen LogP contribution in [0.1, 0.15) is 17.0 Å². The summed E-state index contributed by atoms with van der Waals surface area (Å²) in [6, 6.07) is 9.59. The van der Waals surface area contributed by atoms with Crippen molar-refractivity contribution in [3.8, 4) is 10.6 Å². The van der Waals surface area contributed by atoms with Crippen molar-refractivity contribution in [1.82, 2.24) is 9.71 Å². The summed E-state index contributed by atoms with van der Waals surface area (Å²) in [7, 11) is -5.44. The van der Waals surface area contributed by atoms with E-state index in [9.17, 15) is 16.8 Å². The van der Waals surface area contributed by atoms with Crippen molar-refractivity contribution < 1.29 is 16.8 Å². The highest BCUT2D eigenvalue weighted by Gasteiger charge is 2.19. The first-order valence-corrected chi connectivity index (χ1v) is 11.6. The van der Waals surface area contributed by atoms with Crippen molar-refractivity contribution in [2.75, 3.05) is 18.6 Å². The van der Waals surface area contributed by atoms with E-state index in [0.717, 1.165) is 10.6 Å². The van der Waals surface area contributed by atoms with Crippen LogP contribution >= 0.6 is 11.3 Å². The number of benzene rings is 1. The summed E-state index contributed by atoms with van der Waals surface area (Å²) < 4.78 is 49.3. The van der Waals surface area contributed by atoms with Gasteiger partial charge < -0.3 is 0 Å². The summed E-state index contributed by atoms with van der Waals surface area (Å²) >= 11 is 1.36. The molecule has 6 nitrogen and oxygen atoms in total. The Labute approximate surface area is 146 Å². The lowest BCUT2D eigenvalue weighted by atomic mass is 10.2. The molecular formula is C15H20N2O4S3. The summed E-state index contributed by atoms with van der Waals surface area (Å²) in [4.78, 5) is 5.15. The van der Waals surface area contributed by atoms with Gasteiger partial charge in [-0.15, -0.1) is 11.3 Å². The van der Waals surface area contributed by atoms with Crippen LogP contribution in [-0.2, 0) is 25.6 Å². The van der Waals surface area contributed by atoms with Gasteiger partial charge in [-0.2, -0.15) is 0 Å². The van der Waals surface area contributed by atoms with Gasteiger partial charge in [0.05, 0.1) is 23.0 Å². The van der Waals surface area contributed by atoms with Crippen LogP contribution < -0.4 is 4.72 Å². The van der Waals surface area contributed by atoms with Gasteiger partial charge in [0.25, 0.3) is 0 Å². The van der Waals surface area contributed by atoms with Gasteiger partial charge in [0.15, 0.2) is 9.84 Å². The zero-order chi connectivity index (χ0) is 17.8. The van der Waals surface area contributed by atoms with Crippen molar-refractivity contribution in [1.29, 1.82) is 0 Å². The molecule has 0 fully saturated rings. The molecule has 2 aromatic rings. The predicted molar refractivity (Wildman–Crippen MR) is 97.2 cm³/mol. The fourth-order valence-corrected chi connectivity index (χ4v) is 5.99. The molecule has 1 heterocycles. The van der Waals surface area contributed by atoms with Crippen molar-refractivity contribution in [3.05, 3.63) is 40.9 Å². The second kappa shape index (κ2) is 7.73. The number of hydrogen-bond donors (Lipinski definition) is 1. The number of aromatic nitrogens is 1. The number of thiazole rings is 1. The van der Waals surface area contributed by atoms with Crippen LogP contribution in [-0.4, -0.2) is 40.4 Å². The van der Waals surface area contributed by atoms with E-state index in [0.29, 0.717) is 10.6 Å². The number of aryl methyl sites for hydroxylation is 1. The summed E-state index contributed by atoms with van der Waals surface area (Å²) in [5.74, 6) is -0.464. The molecule has 0 aliphatic heterocycles. The molecule has 9 heteroatoms. The van der Waals surface area contributed by atoms with Gasteiger partial charge in [-0.25, -0.2) is 26.5 Å². The SMILES string of the molecule is CNS(=O)(=O)CCCS(=O)(=O)Cc1sc(-c2ccccc2)nc1C. The van der Waals surface area contributed by atoms with E-state index in [2.05, 4.69) is 9.71 Å². The lowest BCUT2D eigenvalue weighted by Gasteiger charge is -2.04. The van der Waals surface area contributed by atoms with Gasteiger partial charge in [-0.1, -0.05) is 30.3 Å². The lowest BCUT2D eigenvalue weighted by Crippen LogP contribution is -2.23. The van der Waals surface area contributed by atoms with Gasteiger partial charge in [-0.05, 0) is 20.4 Å². The number of nitrogens with one attached hydrogen (secondary N) is 1. The molecule has 0 radical (unpaired) electrons. The molecule has 0 atom stereocenters. The van der Waals surface area contributed by atoms with Crippen LogP contribution in [0.2, 0.25) is 0 Å². The normalized spacial score (nSPS) is 12.4. The highest BCUT2D eigenvalue weighted by molar-refractivity contribution is 7.91.